The third-order valence-corrected chi connectivity index (χ3v) is 7.74. The Bertz CT molecular complexity index is 760. The smallest absolute Gasteiger partial charge is 0.0233 e. The fourth-order valence-corrected chi connectivity index (χ4v) is 5.62. The lowest BCUT2D eigenvalue weighted by Crippen LogP contribution is -2.25. The van der Waals surface area contributed by atoms with Crippen molar-refractivity contribution in [2.75, 3.05) is 26.2 Å². The second-order valence-corrected chi connectivity index (χ2v) is 11.5. The van der Waals surface area contributed by atoms with Gasteiger partial charge in [0.05, 0.1) is 0 Å². The Morgan fingerprint density at radius 2 is 0.816 bits per heavy atom. The lowest BCUT2D eigenvalue weighted by atomic mass is 10.0. The summed E-state index contributed by atoms with van der Waals surface area (Å²) in [5, 5.41) is 0. The third-order valence-electron chi connectivity index (χ3n) is 7.74. The van der Waals surface area contributed by atoms with Crippen LogP contribution in [-0.4, -0.2) is 36.0 Å². The van der Waals surface area contributed by atoms with Gasteiger partial charge in [0.1, 0.15) is 0 Å². The molecule has 0 saturated carbocycles. The molecule has 0 radical (unpaired) electrons. The molecule has 2 aromatic carbocycles. The van der Waals surface area contributed by atoms with Crippen LogP contribution < -0.4 is 0 Å². The summed E-state index contributed by atoms with van der Waals surface area (Å²) in [5.74, 6) is 0. The van der Waals surface area contributed by atoms with Gasteiger partial charge in [-0.05, 0) is 86.2 Å². The van der Waals surface area contributed by atoms with Crippen LogP contribution in [0.15, 0.2) is 48.5 Å². The van der Waals surface area contributed by atoms with Crippen LogP contribution in [0.2, 0.25) is 0 Å². The zero-order valence-corrected chi connectivity index (χ0v) is 25.7. The van der Waals surface area contributed by atoms with Crippen molar-refractivity contribution in [3.05, 3.63) is 59.7 Å². The van der Waals surface area contributed by atoms with E-state index >= 15 is 0 Å². The van der Waals surface area contributed by atoms with Crippen molar-refractivity contribution in [2.45, 2.75) is 131 Å². The Balaban J connectivity index is 1.95. The lowest BCUT2D eigenvalue weighted by molar-refractivity contribution is 0.259. The summed E-state index contributed by atoms with van der Waals surface area (Å²) in [5.41, 5.74) is 5.61. The molecule has 0 aliphatic carbocycles. The van der Waals surface area contributed by atoms with Crippen molar-refractivity contribution in [1.82, 2.24) is 9.80 Å². The van der Waals surface area contributed by atoms with Crippen LogP contribution in [0.4, 0.5) is 0 Å². The van der Waals surface area contributed by atoms with Crippen molar-refractivity contribution in [1.29, 1.82) is 0 Å². The molecular formula is C36H60N2. The summed E-state index contributed by atoms with van der Waals surface area (Å²) in [6, 6.07) is 18.6. The topological polar surface area (TPSA) is 6.48 Å². The quantitative estimate of drug-likeness (QED) is 0.134. The minimum absolute atomic E-state index is 1.07. The average molecular weight is 521 g/mol. The Labute approximate surface area is 237 Å². The molecule has 0 fully saturated rings. The minimum atomic E-state index is 1.07. The zero-order valence-electron chi connectivity index (χ0n) is 25.7. The Kier molecular flexibility index (Phi) is 18.2. The first kappa shape index (κ1) is 32.6. The highest BCUT2D eigenvalue weighted by Crippen LogP contribution is 2.23. The van der Waals surface area contributed by atoms with Crippen molar-refractivity contribution >= 4 is 0 Å². The molecule has 2 rings (SSSR count). The summed E-state index contributed by atoms with van der Waals surface area (Å²) in [4.78, 5) is 5.33. The van der Waals surface area contributed by atoms with E-state index in [0.29, 0.717) is 0 Å². The summed E-state index contributed by atoms with van der Waals surface area (Å²) in [7, 11) is 0. The molecule has 0 aromatic heterocycles. The highest BCUT2D eigenvalue weighted by atomic mass is 15.1. The van der Waals surface area contributed by atoms with Gasteiger partial charge in [-0.2, -0.15) is 0 Å². The summed E-state index contributed by atoms with van der Waals surface area (Å²) in [6.45, 7) is 16.2. The van der Waals surface area contributed by atoms with Crippen LogP contribution in [0.25, 0.3) is 11.1 Å². The minimum Gasteiger partial charge on any atom is -0.299 e. The zero-order chi connectivity index (χ0) is 27.3. The Hall–Kier alpha value is -1.64. The van der Waals surface area contributed by atoms with Gasteiger partial charge in [0.2, 0.25) is 0 Å². The van der Waals surface area contributed by atoms with Crippen molar-refractivity contribution in [3.63, 3.8) is 0 Å². The van der Waals surface area contributed by atoms with Crippen LogP contribution in [0.1, 0.15) is 129 Å². The van der Waals surface area contributed by atoms with Crippen LogP contribution in [-0.2, 0) is 13.1 Å². The van der Waals surface area contributed by atoms with E-state index in [1.165, 1.54) is 138 Å². The SMILES string of the molecule is CCCCCCCCN(CCC)Cc1cccc(-c2cccc(CN(CCC)CCCCCCCC)c2)c1. The molecule has 2 heteroatoms. The number of nitrogens with zero attached hydrogens (tertiary/aromatic N) is 2. The second-order valence-electron chi connectivity index (χ2n) is 11.5. The van der Waals surface area contributed by atoms with Crippen LogP contribution in [0.5, 0.6) is 0 Å². The fraction of sp³-hybridized carbons (Fsp3) is 0.667. The maximum Gasteiger partial charge on any atom is 0.0233 e. The molecular weight excluding hydrogens is 460 g/mol. The molecule has 0 N–H and O–H groups in total. The van der Waals surface area contributed by atoms with Gasteiger partial charge in [-0.1, -0.05) is 128 Å². The van der Waals surface area contributed by atoms with E-state index in [2.05, 4.69) is 86.0 Å². The van der Waals surface area contributed by atoms with Gasteiger partial charge in [-0.3, -0.25) is 9.80 Å². The monoisotopic (exact) mass is 520 g/mol. The summed E-state index contributed by atoms with van der Waals surface area (Å²) in [6.07, 6.45) is 18.9. The highest BCUT2D eigenvalue weighted by Gasteiger charge is 2.09. The molecule has 0 atom stereocenters. The van der Waals surface area contributed by atoms with E-state index in [-0.39, 0.29) is 0 Å². The second kappa shape index (κ2) is 21.2. The molecule has 2 aromatic rings. The molecule has 2 nitrogen and oxygen atoms in total. The van der Waals surface area contributed by atoms with Crippen LogP contribution >= 0.6 is 0 Å². The van der Waals surface area contributed by atoms with E-state index in [1.54, 1.807) is 0 Å². The van der Waals surface area contributed by atoms with E-state index in [0.717, 1.165) is 13.1 Å². The molecule has 0 aliphatic heterocycles. The number of rotatable bonds is 23. The maximum absolute atomic E-state index is 2.67. The van der Waals surface area contributed by atoms with Gasteiger partial charge in [0.25, 0.3) is 0 Å². The Morgan fingerprint density at radius 1 is 0.421 bits per heavy atom. The fourth-order valence-electron chi connectivity index (χ4n) is 5.62. The van der Waals surface area contributed by atoms with E-state index in [1.807, 2.05) is 0 Å². The molecule has 0 saturated heterocycles. The van der Waals surface area contributed by atoms with Crippen molar-refractivity contribution < 1.29 is 0 Å². The van der Waals surface area contributed by atoms with Gasteiger partial charge in [-0.15, -0.1) is 0 Å². The predicted octanol–water partition coefficient (Wildman–Crippen LogP) is 10.5. The van der Waals surface area contributed by atoms with Crippen LogP contribution in [0, 0.1) is 0 Å². The lowest BCUT2D eigenvalue weighted by Gasteiger charge is -2.23. The molecule has 0 bridgehead atoms. The number of unbranched alkanes of at least 4 members (excludes halogenated alkanes) is 10. The van der Waals surface area contributed by atoms with Gasteiger partial charge in [0, 0.05) is 13.1 Å². The molecule has 214 valence electrons. The largest absolute Gasteiger partial charge is 0.299 e. The number of hydrogen-bond acceptors (Lipinski definition) is 2. The standard InChI is InChI=1S/C36H60N2/c1-5-9-11-13-15-17-27-37(25-7-3)31-33-21-19-23-35(29-33)36-24-20-22-34(30-36)32-38(26-8-4)28-18-16-14-12-10-6-2/h19-24,29-30H,5-18,25-28,31-32H2,1-4H3. The first-order chi connectivity index (χ1) is 18.7. The van der Waals surface area contributed by atoms with Gasteiger partial charge in [-0.25, -0.2) is 0 Å². The van der Waals surface area contributed by atoms with Gasteiger partial charge >= 0.3 is 0 Å². The van der Waals surface area contributed by atoms with Gasteiger partial charge < -0.3 is 0 Å². The average Bonchev–Trinajstić information content (AvgIpc) is 2.93. The number of hydrogen-bond donors (Lipinski definition) is 0. The molecule has 0 spiro atoms. The predicted molar refractivity (Wildman–Crippen MR) is 170 cm³/mol. The first-order valence-electron chi connectivity index (χ1n) is 16.3. The normalized spacial score (nSPS) is 11.6. The molecule has 0 aliphatic rings. The highest BCUT2D eigenvalue weighted by molar-refractivity contribution is 5.65. The first-order valence-corrected chi connectivity index (χ1v) is 16.3. The maximum atomic E-state index is 2.67. The van der Waals surface area contributed by atoms with E-state index in [9.17, 15) is 0 Å². The van der Waals surface area contributed by atoms with E-state index < -0.39 is 0 Å². The summed E-state index contributed by atoms with van der Waals surface area (Å²) >= 11 is 0. The Morgan fingerprint density at radius 3 is 1.21 bits per heavy atom. The number of benzene rings is 2. The van der Waals surface area contributed by atoms with Crippen LogP contribution in [0.3, 0.4) is 0 Å². The molecule has 0 amide bonds. The van der Waals surface area contributed by atoms with Crippen molar-refractivity contribution in [3.8, 4) is 11.1 Å². The molecule has 38 heavy (non-hydrogen) atoms. The molecule has 0 heterocycles. The van der Waals surface area contributed by atoms with Crippen molar-refractivity contribution in [2.24, 2.45) is 0 Å². The van der Waals surface area contributed by atoms with Gasteiger partial charge in [0.15, 0.2) is 0 Å². The van der Waals surface area contributed by atoms with E-state index in [4.69, 9.17) is 0 Å². The third kappa shape index (κ3) is 13.9. The summed E-state index contributed by atoms with van der Waals surface area (Å²) < 4.78 is 0. The molecule has 0 unspecified atom stereocenters.